The number of hydrogen-bond acceptors (Lipinski definition) is 5. The number of rotatable bonds is 4. The van der Waals surface area contributed by atoms with Crippen molar-refractivity contribution < 1.29 is 14.1 Å². The molecule has 1 aliphatic rings. The van der Waals surface area contributed by atoms with Crippen molar-refractivity contribution in [2.45, 2.75) is 31.7 Å². The highest BCUT2D eigenvalue weighted by atomic mass is 16.5. The van der Waals surface area contributed by atoms with E-state index in [0.29, 0.717) is 24.4 Å². The first kappa shape index (κ1) is 18.9. The number of anilines is 1. The molecule has 2 atom stereocenters. The van der Waals surface area contributed by atoms with Gasteiger partial charge in [-0.1, -0.05) is 48.5 Å². The summed E-state index contributed by atoms with van der Waals surface area (Å²) < 4.78 is 5.31. The topological polar surface area (TPSA) is 88.3 Å². The summed E-state index contributed by atoms with van der Waals surface area (Å²) in [6.45, 7) is 2.03. The molecule has 0 fully saturated rings. The summed E-state index contributed by atoms with van der Waals surface area (Å²) in [5.41, 5.74) is 2.22. The van der Waals surface area contributed by atoms with E-state index < -0.39 is 11.9 Å². The normalized spacial score (nSPS) is 18.8. The van der Waals surface area contributed by atoms with Crippen molar-refractivity contribution in [3.05, 3.63) is 77.3 Å². The Balaban J connectivity index is 1.48. The Morgan fingerprint density at radius 2 is 2.03 bits per heavy atom. The molecule has 2 aromatic heterocycles. The van der Waals surface area contributed by atoms with Crippen LogP contribution in [-0.4, -0.2) is 35.0 Å². The van der Waals surface area contributed by atoms with Crippen LogP contribution in [0, 0.1) is 0 Å². The van der Waals surface area contributed by atoms with Crippen molar-refractivity contribution >= 4 is 17.6 Å². The summed E-state index contributed by atoms with van der Waals surface area (Å²) in [4.78, 5) is 31.4. The summed E-state index contributed by atoms with van der Waals surface area (Å²) in [6, 6.07) is 14.6. The van der Waals surface area contributed by atoms with Crippen LogP contribution in [0.2, 0.25) is 0 Å². The van der Waals surface area contributed by atoms with Crippen LogP contribution < -0.4 is 10.2 Å². The molecule has 0 saturated heterocycles. The van der Waals surface area contributed by atoms with Crippen LogP contribution >= 0.6 is 0 Å². The van der Waals surface area contributed by atoms with Crippen molar-refractivity contribution in [3.63, 3.8) is 0 Å². The monoisotopic (exact) mass is 390 g/mol. The van der Waals surface area contributed by atoms with Crippen molar-refractivity contribution in [1.29, 1.82) is 0 Å². The fourth-order valence-corrected chi connectivity index (χ4v) is 3.65. The summed E-state index contributed by atoms with van der Waals surface area (Å²) in [5.74, 6) is 0.675. The van der Waals surface area contributed by atoms with Crippen molar-refractivity contribution in [2.24, 2.45) is 0 Å². The molecule has 0 spiro atoms. The lowest BCUT2D eigenvalue weighted by atomic mass is 9.95. The highest BCUT2D eigenvalue weighted by molar-refractivity contribution is 6.02. The van der Waals surface area contributed by atoms with Gasteiger partial charge in [0.25, 0.3) is 5.91 Å². The van der Waals surface area contributed by atoms with Crippen LogP contribution in [0.25, 0.3) is 0 Å². The molecule has 7 nitrogen and oxygen atoms in total. The number of nitrogens with one attached hydrogen (secondary N) is 1. The first-order valence-electron chi connectivity index (χ1n) is 9.56. The predicted octanol–water partition coefficient (Wildman–Crippen LogP) is 2.93. The van der Waals surface area contributed by atoms with Gasteiger partial charge < -0.3 is 9.84 Å². The van der Waals surface area contributed by atoms with Gasteiger partial charge in [-0.05, 0) is 29.5 Å². The molecule has 0 radical (unpaired) electrons. The largest absolute Gasteiger partial charge is 0.360 e. The molecule has 1 N–H and O–H groups in total. The highest BCUT2D eigenvalue weighted by Gasteiger charge is 2.33. The average molecular weight is 390 g/mol. The van der Waals surface area contributed by atoms with Gasteiger partial charge in [-0.2, -0.15) is 0 Å². The van der Waals surface area contributed by atoms with Crippen LogP contribution in [0.3, 0.4) is 0 Å². The second-order valence-corrected chi connectivity index (χ2v) is 7.32. The molecule has 1 aromatic carbocycles. The number of amides is 2. The van der Waals surface area contributed by atoms with Gasteiger partial charge in [-0.3, -0.25) is 14.5 Å². The lowest BCUT2D eigenvalue weighted by molar-refractivity contribution is -0.120. The lowest BCUT2D eigenvalue weighted by Crippen LogP contribution is -2.47. The number of benzene rings is 1. The van der Waals surface area contributed by atoms with E-state index in [1.807, 2.05) is 49.4 Å². The molecule has 0 aliphatic carbocycles. The average Bonchev–Trinajstić information content (AvgIpc) is 3.18. The fraction of sp³-hybridized carbons (Fsp3) is 0.273. The number of carbonyl (C=O) groups is 2. The van der Waals surface area contributed by atoms with Gasteiger partial charge in [-0.15, -0.1) is 0 Å². The molecular formula is C22H22N4O3. The molecule has 3 aromatic rings. The first-order chi connectivity index (χ1) is 14.0. The van der Waals surface area contributed by atoms with Crippen LogP contribution in [0.5, 0.6) is 0 Å². The molecule has 29 heavy (non-hydrogen) atoms. The number of likely N-dealkylation sites (N-methyl/N-ethyl adjacent to an activating group) is 1. The minimum Gasteiger partial charge on any atom is -0.360 e. The minimum absolute atomic E-state index is 0.0730. The van der Waals surface area contributed by atoms with Gasteiger partial charge in [0.2, 0.25) is 5.91 Å². The number of nitrogens with zero attached hydrogens (tertiary/aromatic N) is 3. The van der Waals surface area contributed by atoms with Gasteiger partial charge in [-0.25, -0.2) is 4.98 Å². The molecule has 0 bridgehead atoms. The van der Waals surface area contributed by atoms with E-state index in [9.17, 15) is 9.59 Å². The zero-order chi connectivity index (χ0) is 20.4. The molecule has 148 valence electrons. The fourth-order valence-electron chi connectivity index (χ4n) is 3.65. The quantitative estimate of drug-likeness (QED) is 0.740. The number of pyridine rings is 1. The van der Waals surface area contributed by atoms with Crippen molar-refractivity contribution in [3.8, 4) is 0 Å². The summed E-state index contributed by atoms with van der Waals surface area (Å²) in [7, 11) is 1.68. The predicted molar refractivity (Wildman–Crippen MR) is 108 cm³/mol. The van der Waals surface area contributed by atoms with E-state index in [1.165, 1.54) is 4.90 Å². The van der Waals surface area contributed by atoms with E-state index in [1.54, 1.807) is 19.3 Å². The first-order valence-corrected chi connectivity index (χ1v) is 9.56. The smallest absolute Gasteiger partial charge is 0.274 e. The third-order valence-corrected chi connectivity index (χ3v) is 5.20. The summed E-state index contributed by atoms with van der Waals surface area (Å²) >= 11 is 0. The summed E-state index contributed by atoms with van der Waals surface area (Å²) in [5, 5.41) is 6.70. The molecule has 0 saturated carbocycles. The van der Waals surface area contributed by atoms with Gasteiger partial charge in [0.05, 0.1) is 0 Å². The van der Waals surface area contributed by atoms with E-state index in [4.69, 9.17) is 4.52 Å². The van der Waals surface area contributed by atoms with Crippen LogP contribution in [0.4, 0.5) is 5.82 Å². The maximum Gasteiger partial charge on any atom is 0.274 e. The molecule has 3 heterocycles. The van der Waals surface area contributed by atoms with Gasteiger partial charge in [0, 0.05) is 25.7 Å². The SMILES string of the molecule is CC1C[C@H](NC(=O)c2cc(Cc3ccccc3)on2)C(=O)N(C)c2ncccc21. The Morgan fingerprint density at radius 3 is 2.83 bits per heavy atom. The molecule has 1 aliphatic heterocycles. The molecular weight excluding hydrogens is 368 g/mol. The maximum absolute atomic E-state index is 12.9. The number of carbonyl (C=O) groups excluding carboxylic acids is 2. The summed E-state index contributed by atoms with van der Waals surface area (Å²) in [6.07, 6.45) is 2.70. The van der Waals surface area contributed by atoms with Crippen molar-refractivity contribution in [1.82, 2.24) is 15.5 Å². The molecule has 2 amide bonds. The van der Waals surface area contributed by atoms with Gasteiger partial charge in [0.15, 0.2) is 5.69 Å². The second-order valence-electron chi connectivity index (χ2n) is 7.32. The zero-order valence-corrected chi connectivity index (χ0v) is 16.3. The van der Waals surface area contributed by atoms with Crippen LogP contribution in [0.15, 0.2) is 59.3 Å². The zero-order valence-electron chi connectivity index (χ0n) is 16.3. The standard InChI is InChI=1S/C22H22N4O3/c1-14-11-19(22(28)26(2)20-17(14)9-6-10-23-20)24-21(27)18-13-16(29-25-18)12-15-7-4-3-5-8-15/h3-10,13-14,19H,11-12H2,1-2H3,(H,24,27)/t14?,19-/m0/s1. The number of fused-ring (bicyclic) bond motifs is 1. The molecule has 7 heteroatoms. The van der Waals surface area contributed by atoms with Crippen molar-refractivity contribution in [2.75, 3.05) is 11.9 Å². The number of aromatic nitrogens is 2. The van der Waals surface area contributed by atoms with Crippen LogP contribution in [0.1, 0.15) is 46.6 Å². The Morgan fingerprint density at radius 1 is 1.24 bits per heavy atom. The third kappa shape index (κ3) is 3.89. The lowest BCUT2D eigenvalue weighted by Gasteiger charge is -2.20. The van der Waals surface area contributed by atoms with E-state index in [-0.39, 0.29) is 17.5 Å². The highest BCUT2D eigenvalue weighted by Crippen LogP contribution is 2.32. The number of hydrogen-bond donors (Lipinski definition) is 1. The van der Waals surface area contributed by atoms with E-state index in [2.05, 4.69) is 15.5 Å². The van der Waals surface area contributed by atoms with Crippen LogP contribution in [-0.2, 0) is 11.2 Å². The minimum atomic E-state index is -0.661. The molecule has 1 unspecified atom stereocenters. The van der Waals surface area contributed by atoms with E-state index in [0.717, 1.165) is 11.1 Å². The van der Waals surface area contributed by atoms with Gasteiger partial charge >= 0.3 is 0 Å². The Labute approximate surface area is 168 Å². The molecule has 4 rings (SSSR count). The Kier molecular flexibility index (Phi) is 5.12. The second kappa shape index (κ2) is 7.87. The Bertz CT molecular complexity index is 1030. The maximum atomic E-state index is 12.9. The third-order valence-electron chi connectivity index (χ3n) is 5.20. The van der Waals surface area contributed by atoms with E-state index >= 15 is 0 Å². The van der Waals surface area contributed by atoms with Gasteiger partial charge in [0.1, 0.15) is 17.6 Å². The Hall–Kier alpha value is -3.48.